The molecule has 0 fully saturated rings. The molecule has 1 aromatic heterocycles. The van der Waals surface area contributed by atoms with Crippen LogP contribution in [0.2, 0.25) is 0 Å². The Kier molecular flexibility index (Phi) is 2.86. The minimum absolute atomic E-state index is 0.0408. The number of aliphatic hydroxyl groups is 1. The van der Waals surface area contributed by atoms with E-state index >= 15 is 0 Å². The Morgan fingerprint density at radius 1 is 1.55 bits per heavy atom. The molecule has 1 heterocycles. The van der Waals surface area contributed by atoms with E-state index in [0.717, 1.165) is 0 Å². The number of pyridine rings is 1. The second-order valence-corrected chi connectivity index (χ2v) is 2.06. The van der Waals surface area contributed by atoms with Crippen LogP contribution in [0.4, 0.5) is 0 Å². The molecule has 1 rings (SSSR count). The first-order chi connectivity index (χ1) is 5.36. The molecule has 0 aromatic carbocycles. The van der Waals surface area contributed by atoms with Gasteiger partial charge in [-0.25, -0.2) is 4.98 Å². The third kappa shape index (κ3) is 2.20. The van der Waals surface area contributed by atoms with Gasteiger partial charge in [0.15, 0.2) is 0 Å². The highest BCUT2D eigenvalue weighted by Crippen LogP contribution is 2.06. The fraction of sp³-hybridized carbons (Fsp3) is 0.375. The molecule has 0 atom stereocenters. The van der Waals surface area contributed by atoms with Crippen LogP contribution in [0.15, 0.2) is 18.2 Å². The second kappa shape index (κ2) is 3.93. The lowest BCUT2D eigenvalue weighted by molar-refractivity contribution is 0.271. The van der Waals surface area contributed by atoms with Gasteiger partial charge in [0.05, 0.1) is 18.9 Å². The third-order valence-corrected chi connectivity index (χ3v) is 1.24. The van der Waals surface area contributed by atoms with Crippen molar-refractivity contribution in [2.75, 3.05) is 6.61 Å². The van der Waals surface area contributed by atoms with Crippen LogP contribution >= 0.6 is 0 Å². The Morgan fingerprint density at radius 2 is 2.36 bits per heavy atom. The Hall–Kier alpha value is -1.09. The average Bonchev–Trinajstić information content (AvgIpc) is 2.06. The van der Waals surface area contributed by atoms with E-state index in [1.807, 2.05) is 13.0 Å². The molecule has 0 aliphatic rings. The SMILES string of the molecule is CCOc1cccc(CO)n1. The first kappa shape index (κ1) is 8.01. The van der Waals surface area contributed by atoms with Crippen molar-refractivity contribution in [3.8, 4) is 5.88 Å². The maximum atomic E-state index is 8.71. The van der Waals surface area contributed by atoms with Crippen molar-refractivity contribution in [1.82, 2.24) is 4.98 Å². The molecule has 0 saturated heterocycles. The lowest BCUT2D eigenvalue weighted by Crippen LogP contribution is -1.96. The maximum Gasteiger partial charge on any atom is 0.213 e. The molecule has 11 heavy (non-hydrogen) atoms. The largest absolute Gasteiger partial charge is 0.478 e. The highest BCUT2D eigenvalue weighted by molar-refractivity contribution is 5.14. The average molecular weight is 153 g/mol. The molecular weight excluding hydrogens is 142 g/mol. The maximum absolute atomic E-state index is 8.71. The number of rotatable bonds is 3. The van der Waals surface area contributed by atoms with E-state index in [-0.39, 0.29) is 6.61 Å². The smallest absolute Gasteiger partial charge is 0.213 e. The summed E-state index contributed by atoms with van der Waals surface area (Å²) in [5.74, 6) is 0.569. The van der Waals surface area contributed by atoms with Gasteiger partial charge in [-0.15, -0.1) is 0 Å². The molecule has 3 heteroatoms. The van der Waals surface area contributed by atoms with Crippen molar-refractivity contribution in [1.29, 1.82) is 0 Å². The zero-order valence-electron chi connectivity index (χ0n) is 6.45. The van der Waals surface area contributed by atoms with Gasteiger partial charge in [0.2, 0.25) is 5.88 Å². The molecule has 0 bridgehead atoms. The van der Waals surface area contributed by atoms with Crippen LogP contribution < -0.4 is 4.74 Å². The summed E-state index contributed by atoms with van der Waals surface area (Å²) in [5, 5.41) is 8.71. The minimum atomic E-state index is -0.0408. The molecule has 0 aliphatic heterocycles. The van der Waals surface area contributed by atoms with E-state index in [1.165, 1.54) is 0 Å². The molecule has 1 aromatic rings. The molecular formula is C8H11NO2. The van der Waals surface area contributed by atoms with Gasteiger partial charge in [-0.3, -0.25) is 0 Å². The first-order valence-corrected chi connectivity index (χ1v) is 3.56. The Balaban J connectivity index is 2.74. The summed E-state index contributed by atoms with van der Waals surface area (Å²) < 4.78 is 5.13. The van der Waals surface area contributed by atoms with E-state index in [0.29, 0.717) is 18.2 Å². The van der Waals surface area contributed by atoms with Crippen molar-refractivity contribution < 1.29 is 9.84 Å². The predicted octanol–water partition coefficient (Wildman–Crippen LogP) is 0.973. The topological polar surface area (TPSA) is 42.4 Å². The van der Waals surface area contributed by atoms with Crippen LogP contribution in [-0.4, -0.2) is 16.7 Å². The van der Waals surface area contributed by atoms with Crippen molar-refractivity contribution in [2.45, 2.75) is 13.5 Å². The third-order valence-electron chi connectivity index (χ3n) is 1.24. The quantitative estimate of drug-likeness (QED) is 0.703. The summed E-state index contributed by atoms with van der Waals surface area (Å²) in [6, 6.07) is 5.33. The van der Waals surface area contributed by atoms with E-state index in [1.54, 1.807) is 12.1 Å². The number of hydrogen-bond donors (Lipinski definition) is 1. The minimum Gasteiger partial charge on any atom is -0.478 e. The lowest BCUT2D eigenvalue weighted by Gasteiger charge is -2.01. The summed E-state index contributed by atoms with van der Waals surface area (Å²) in [6.45, 7) is 2.45. The van der Waals surface area contributed by atoms with Gasteiger partial charge < -0.3 is 9.84 Å². The molecule has 60 valence electrons. The van der Waals surface area contributed by atoms with Gasteiger partial charge in [-0.2, -0.15) is 0 Å². The zero-order valence-corrected chi connectivity index (χ0v) is 6.45. The molecule has 0 saturated carbocycles. The van der Waals surface area contributed by atoms with E-state index in [9.17, 15) is 0 Å². The van der Waals surface area contributed by atoms with Gasteiger partial charge in [-0.05, 0) is 13.0 Å². The predicted molar refractivity (Wildman–Crippen MR) is 41.3 cm³/mol. The molecule has 0 spiro atoms. The highest BCUT2D eigenvalue weighted by Gasteiger charge is 1.94. The van der Waals surface area contributed by atoms with Gasteiger partial charge >= 0.3 is 0 Å². The van der Waals surface area contributed by atoms with E-state index in [2.05, 4.69) is 4.98 Å². The Morgan fingerprint density at radius 3 is 3.00 bits per heavy atom. The molecule has 1 N–H and O–H groups in total. The van der Waals surface area contributed by atoms with Crippen LogP contribution in [0, 0.1) is 0 Å². The first-order valence-electron chi connectivity index (χ1n) is 3.56. The molecule has 0 aliphatic carbocycles. The molecule has 3 nitrogen and oxygen atoms in total. The van der Waals surface area contributed by atoms with Crippen molar-refractivity contribution in [3.05, 3.63) is 23.9 Å². The normalized spacial score (nSPS) is 9.64. The number of ether oxygens (including phenoxy) is 1. The fourth-order valence-electron chi connectivity index (χ4n) is 0.774. The van der Waals surface area contributed by atoms with Crippen molar-refractivity contribution in [2.24, 2.45) is 0 Å². The highest BCUT2D eigenvalue weighted by atomic mass is 16.5. The van der Waals surface area contributed by atoms with Gasteiger partial charge in [0.25, 0.3) is 0 Å². The van der Waals surface area contributed by atoms with Crippen LogP contribution in [0.5, 0.6) is 5.88 Å². The Bertz CT molecular complexity index is 225. The number of aromatic nitrogens is 1. The van der Waals surface area contributed by atoms with Crippen LogP contribution in [-0.2, 0) is 6.61 Å². The summed E-state index contributed by atoms with van der Waals surface area (Å²) in [6.07, 6.45) is 0. The summed E-state index contributed by atoms with van der Waals surface area (Å²) in [5.41, 5.74) is 0.635. The molecule has 0 radical (unpaired) electrons. The second-order valence-electron chi connectivity index (χ2n) is 2.06. The molecule has 0 amide bonds. The zero-order chi connectivity index (χ0) is 8.10. The summed E-state index contributed by atoms with van der Waals surface area (Å²) in [7, 11) is 0. The van der Waals surface area contributed by atoms with Crippen LogP contribution in [0.25, 0.3) is 0 Å². The van der Waals surface area contributed by atoms with Crippen molar-refractivity contribution in [3.63, 3.8) is 0 Å². The van der Waals surface area contributed by atoms with E-state index in [4.69, 9.17) is 9.84 Å². The van der Waals surface area contributed by atoms with Crippen LogP contribution in [0.3, 0.4) is 0 Å². The number of aliphatic hydroxyl groups excluding tert-OH is 1. The van der Waals surface area contributed by atoms with Gasteiger partial charge in [0.1, 0.15) is 0 Å². The number of nitrogens with zero attached hydrogens (tertiary/aromatic N) is 1. The standard InChI is InChI=1S/C8H11NO2/c1-2-11-8-5-3-4-7(6-10)9-8/h3-5,10H,2,6H2,1H3. The monoisotopic (exact) mass is 153 g/mol. The fourth-order valence-corrected chi connectivity index (χ4v) is 0.774. The summed E-state index contributed by atoms with van der Waals surface area (Å²) in [4.78, 5) is 4.01. The van der Waals surface area contributed by atoms with Crippen molar-refractivity contribution >= 4 is 0 Å². The van der Waals surface area contributed by atoms with Gasteiger partial charge in [0, 0.05) is 6.07 Å². The van der Waals surface area contributed by atoms with Gasteiger partial charge in [-0.1, -0.05) is 6.07 Å². The Labute approximate surface area is 65.7 Å². The summed E-state index contributed by atoms with van der Waals surface area (Å²) >= 11 is 0. The molecule has 0 unspecified atom stereocenters. The lowest BCUT2D eigenvalue weighted by atomic mass is 10.4. The van der Waals surface area contributed by atoms with Crippen LogP contribution in [0.1, 0.15) is 12.6 Å². The van der Waals surface area contributed by atoms with E-state index < -0.39 is 0 Å². The number of hydrogen-bond acceptors (Lipinski definition) is 3.